The molecule has 1 N–H and O–H groups in total. The third-order valence-electron chi connectivity index (χ3n) is 2.29. The van der Waals surface area contributed by atoms with Crippen molar-refractivity contribution in [3.63, 3.8) is 0 Å². The number of ether oxygens (including phenoxy) is 1. The first-order chi connectivity index (χ1) is 8.36. The first kappa shape index (κ1) is 14.9. The summed E-state index contributed by atoms with van der Waals surface area (Å²) in [5.74, 6) is -4.40. The van der Waals surface area contributed by atoms with E-state index in [0.29, 0.717) is 4.47 Å². The predicted octanol–water partition coefficient (Wildman–Crippen LogP) is 3.80. The molecule has 0 heterocycles. The van der Waals surface area contributed by atoms with Gasteiger partial charge in [-0.25, -0.2) is 8.78 Å². The van der Waals surface area contributed by atoms with Gasteiger partial charge in [-0.15, -0.1) is 0 Å². The third-order valence-corrected chi connectivity index (χ3v) is 2.78. The van der Waals surface area contributed by atoms with E-state index in [2.05, 4.69) is 15.9 Å². The normalized spacial score (nSPS) is 11.3. The van der Waals surface area contributed by atoms with Crippen LogP contribution >= 0.6 is 15.9 Å². The Morgan fingerprint density at radius 2 is 2.17 bits per heavy atom. The Labute approximate surface area is 112 Å². The minimum atomic E-state index is -3.23. The van der Waals surface area contributed by atoms with E-state index in [0.717, 1.165) is 0 Å². The SMILES string of the molecule is CCOc1ccc(Br)cc1C(F)(F)CCC(=O)O. The quantitative estimate of drug-likeness (QED) is 0.866. The number of carboxylic acids is 1. The highest BCUT2D eigenvalue weighted by Gasteiger charge is 2.35. The molecule has 0 atom stereocenters. The molecular formula is C12H13BrF2O3. The van der Waals surface area contributed by atoms with E-state index in [1.165, 1.54) is 12.1 Å². The van der Waals surface area contributed by atoms with Gasteiger partial charge in [-0.2, -0.15) is 0 Å². The van der Waals surface area contributed by atoms with Crippen LogP contribution in [0.2, 0.25) is 0 Å². The van der Waals surface area contributed by atoms with Crippen molar-refractivity contribution in [2.75, 3.05) is 6.61 Å². The molecular weight excluding hydrogens is 310 g/mol. The fraction of sp³-hybridized carbons (Fsp3) is 0.417. The summed E-state index contributed by atoms with van der Waals surface area (Å²) in [5.41, 5.74) is -0.292. The van der Waals surface area contributed by atoms with Crippen LogP contribution in [0.4, 0.5) is 8.78 Å². The van der Waals surface area contributed by atoms with Crippen LogP contribution in [0.1, 0.15) is 25.3 Å². The molecule has 0 amide bonds. The average Bonchev–Trinajstić information content (AvgIpc) is 2.29. The first-order valence-corrected chi connectivity index (χ1v) is 6.18. The van der Waals surface area contributed by atoms with Gasteiger partial charge in [-0.05, 0) is 25.1 Å². The summed E-state index contributed by atoms with van der Waals surface area (Å²) < 4.78 is 33.5. The van der Waals surface area contributed by atoms with Crippen LogP contribution in [0.5, 0.6) is 5.75 Å². The van der Waals surface area contributed by atoms with Crippen LogP contribution in [0.25, 0.3) is 0 Å². The average molecular weight is 323 g/mol. The number of halogens is 3. The lowest BCUT2D eigenvalue weighted by Crippen LogP contribution is -2.17. The lowest BCUT2D eigenvalue weighted by atomic mass is 10.0. The number of aliphatic carboxylic acids is 1. The molecule has 100 valence electrons. The van der Waals surface area contributed by atoms with E-state index in [1.807, 2.05) is 0 Å². The van der Waals surface area contributed by atoms with Crippen molar-refractivity contribution in [1.82, 2.24) is 0 Å². The minimum Gasteiger partial charge on any atom is -0.493 e. The van der Waals surface area contributed by atoms with Crippen molar-refractivity contribution in [1.29, 1.82) is 0 Å². The molecule has 0 aliphatic heterocycles. The van der Waals surface area contributed by atoms with Gasteiger partial charge in [0.25, 0.3) is 5.92 Å². The van der Waals surface area contributed by atoms with E-state index in [1.54, 1.807) is 13.0 Å². The van der Waals surface area contributed by atoms with Gasteiger partial charge in [0.1, 0.15) is 5.75 Å². The van der Waals surface area contributed by atoms with Gasteiger partial charge < -0.3 is 9.84 Å². The largest absolute Gasteiger partial charge is 0.493 e. The molecule has 1 aromatic rings. The Kier molecular flexibility index (Phi) is 5.07. The second-order valence-corrected chi connectivity index (χ2v) is 4.59. The van der Waals surface area contributed by atoms with Crippen molar-refractivity contribution in [3.8, 4) is 5.75 Å². The summed E-state index contributed by atoms with van der Waals surface area (Å²) in [6, 6.07) is 4.30. The fourth-order valence-corrected chi connectivity index (χ4v) is 1.83. The molecule has 0 saturated heterocycles. The number of benzene rings is 1. The second-order valence-electron chi connectivity index (χ2n) is 3.67. The van der Waals surface area contributed by atoms with Crippen LogP contribution in [-0.4, -0.2) is 17.7 Å². The van der Waals surface area contributed by atoms with Gasteiger partial charge in [-0.1, -0.05) is 15.9 Å². The predicted molar refractivity (Wildman–Crippen MR) is 66.1 cm³/mol. The highest BCUT2D eigenvalue weighted by molar-refractivity contribution is 9.10. The maximum atomic E-state index is 13.9. The van der Waals surface area contributed by atoms with Crippen molar-refractivity contribution in [2.45, 2.75) is 25.7 Å². The fourth-order valence-electron chi connectivity index (χ4n) is 1.47. The van der Waals surface area contributed by atoms with E-state index in [-0.39, 0.29) is 17.9 Å². The summed E-state index contributed by atoms with van der Waals surface area (Å²) in [6.07, 6.45) is -1.34. The van der Waals surface area contributed by atoms with Gasteiger partial charge in [0, 0.05) is 10.9 Å². The molecule has 0 fully saturated rings. The number of carboxylic acid groups (broad SMARTS) is 1. The lowest BCUT2D eigenvalue weighted by Gasteiger charge is -2.19. The number of hydrogen-bond donors (Lipinski definition) is 1. The summed E-state index contributed by atoms with van der Waals surface area (Å²) in [4.78, 5) is 10.4. The highest BCUT2D eigenvalue weighted by Crippen LogP contribution is 2.40. The first-order valence-electron chi connectivity index (χ1n) is 5.39. The van der Waals surface area contributed by atoms with Gasteiger partial charge in [0.2, 0.25) is 0 Å². The summed E-state index contributed by atoms with van der Waals surface area (Å²) in [6.45, 7) is 1.96. The molecule has 3 nitrogen and oxygen atoms in total. The number of alkyl halides is 2. The Balaban J connectivity index is 3.04. The van der Waals surface area contributed by atoms with Crippen LogP contribution in [0.15, 0.2) is 22.7 Å². The molecule has 6 heteroatoms. The van der Waals surface area contributed by atoms with Gasteiger partial charge >= 0.3 is 5.97 Å². The van der Waals surface area contributed by atoms with E-state index in [4.69, 9.17) is 9.84 Å². The number of hydrogen-bond acceptors (Lipinski definition) is 2. The van der Waals surface area contributed by atoms with Gasteiger partial charge in [0.15, 0.2) is 0 Å². The third kappa shape index (κ3) is 3.94. The van der Waals surface area contributed by atoms with Crippen LogP contribution in [0.3, 0.4) is 0 Å². The monoisotopic (exact) mass is 322 g/mol. The van der Waals surface area contributed by atoms with Crippen molar-refractivity contribution in [2.24, 2.45) is 0 Å². The molecule has 0 unspecified atom stereocenters. The Morgan fingerprint density at radius 3 is 2.72 bits per heavy atom. The van der Waals surface area contributed by atoms with E-state index in [9.17, 15) is 13.6 Å². The Bertz CT molecular complexity index is 435. The molecule has 0 aliphatic rings. The van der Waals surface area contributed by atoms with Crippen LogP contribution in [0, 0.1) is 0 Å². The zero-order valence-electron chi connectivity index (χ0n) is 9.75. The zero-order valence-corrected chi connectivity index (χ0v) is 11.3. The molecule has 18 heavy (non-hydrogen) atoms. The van der Waals surface area contributed by atoms with Crippen molar-refractivity contribution < 1.29 is 23.4 Å². The lowest BCUT2D eigenvalue weighted by molar-refractivity contribution is -0.139. The molecule has 0 saturated carbocycles. The van der Waals surface area contributed by atoms with E-state index >= 15 is 0 Å². The van der Waals surface area contributed by atoms with Crippen LogP contribution < -0.4 is 4.74 Å². The topological polar surface area (TPSA) is 46.5 Å². The molecule has 0 spiro atoms. The number of rotatable bonds is 6. The van der Waals surface area contributed by atoms with Gasteiger partial charge in [-0.3, -0.25) is 4.79 Å². The van der Waals surface area contributed by atoms with Crippen LogP contribution in [-0.2, 0) is 10.7 Å². The maximum Gasteiger partial charge on any atom is 0.303 e. The smallest absolute Gasteiger partial charge is 0.303 e. The molecule has 0 aromatic heterocycles. The molecule has 0 aliphatic carbocycles. The molecule has 1 aromatic carbocycles. The Morgan fingerprint density at radius 1 is 1.50 bits per heavy atom. The van der Waals surface area contributed by atoms with E-state index < -0.39 is 24.7 Å². The molecule has 1 rings (SSSR count). The van der Waals surface area contributed by atoms with Gasteiger partial charge in [0.05, 0.1) is 18.6 Å². The zero-order chi connectivity index (χ0) is 13.8. The van der Waals surface area contributed by atoms with Crippen molar-refractivity contribution in [3.05, 3.63) is 28.2 Å². The second kappa shape index (κ2) is 6.13. The number of carbonyl (C=O) groups is 1. The van der Waals surface area contributed by atoms with Crippen molar-refractivity contribution >= 4 is 21.9 Å². The Hall–Kier alpha value is -1.17. The standard InChI is InChI=1S/C12H13BrF2O3/c1-2-18-10-4-3-8(13)7-9(10)12(14,15)6-5-11(16)17/h3-4,7H,2,5-6H2,1H3,(H,16,17). The minimum absolute atomic E-state index is 0.0797. The summed E-state index contributed by atoms with van der Waals surface area (Å²) in [7, 11) is 0. The maximum absolute atomic E-state index is 13.9. The highest BCUT2D eigenvalue weighted by atomic mass is 79.9. The summed E-state index contributed by atoms with van der Waals surface area (Å²) >= 11 is 3.11. The summed E-state index contributed by atoms with van der Waals surface area (Å²) in [5, 5.41) is 8.48. The molecule has 0 bridgehead atoms. The molecule has 0 radical (unpaired) electrons.